The molecule has 0 bridgehead atoms. The van der Waals surface area contributed by atoms with Crippen LogP contribution in [0.1, 0.15) is 18.4 Å². The third kappa shape index (κ3) is 1.97. The molecule has 0 radical (unpaired) electrons. The van der Waals surface area contributed by atoms with Crippen molar-refractivity contribution in [3.8, 4) is 0 Å². The van der Waals surface area contributed by atoms with E-state index in [1.807, 2.05) is 6.92 Å². The van der Waals surface area contributed by atoms with E-state index in [-0.39, 0.29) is 11.2 Å². The molecule has 1 aliphatic carbocycles. The number of alkyl halides is 3. The Bertz CT molecular complexity index is 335. The summed E-state index contributed by atoms with van der Waals surface area (Å²) in [5.41, 5.74) is 0. The van der Waals surface area contributed by atoms with Crippen molar-refractivity contribution in [1.29, 1.82) is 0 Å². The number of rotatable bonds is 2. The van der Waals surface area contributed by atoms with Crippen LogP contribution >= 0.6 is 11.3 Å². The molecule has 2 rings (SSSR count). The second-order valence-electron chi connectivity index (χ2n) is 3.37. The van der Waals surface area contributed by atoms with E-state index in [1.54, 1.807) is 0 Å². The van der Waals surface area contributed by atoms with Gasteiger partial charge in [0.15, 0.2) is 0 Å². The largest absolute Gasteiger partial charge is 0.445 e. The number of hydrogen-bond donors (Lipinski definition) is 1. The quantitative estimate of drug-likeness (QED) is 0.836. The lowest BCUT2D eigenvalue weighted by Crippen LogP contribution is -2.03. The lowest BCUT2D eigenvalue weighted by Gasteiger charge is -1.98. The van der Waals surface area contributed by atoms with E-state index >= 15 is 0 Å². The van der Waals surface area contributed by atoms with Crippen molar-refractivity contribution in [1.82, 2.24) is 10.2 Å². The van der Waals surface area contributed by atoms with Crippen molar-refractivity contribution in [2.75, 3.05) is 5.32 Å². The molecule has 0 saturated heterocycles. The molecule has 2 unspecified atom stereocenters. The molecule has 0 aromatic carbocycles. The first-order valence-electron chi connectivity index (χ1n) is 4.14. The van der Waals surface area contributed by atoms with Gasteiger partial charge in [-0.25, -0.2) is 0 Å². The van der Waals surface area contributed by atoms with Crippen LogP contribution in [0.2, 0.25) is 0 Å². The predicted octanol–water partition coefficient (Wildman–Crippen LogP) is 2.38. The standard InChI is InChI=1S/C7H8F3N3S/c1-3-2-4(3)11-6-13-12-5(14-6)7(8,9)10/h3-4H,2H2,1H3,(H,11,13). The smallest absolute Gasteiger partial charge is 0.357 e. The van der Waals surface area contributed by atoms with Crippen LogP contribution < -0.4 is 5.32 Å². The van der Waals surface area contributed by atoms with Crippen LogP contribution in [-0.4, -0.2) is 16.2 Å². The van der Waals surface area contributed by atoms with Crippen molar-refractivity contribution in [3.05, 3.63) is 5.01 Å². The summed E-state index contributed by atoms with van der Waals surface area (Å²) >= 11 is 0.552. The van der Waals surface area contributed by atoms with Crippen LogP contribution in [0.5, 0.6) is 0 Å². The molecule has 0 amide bonds. The van der Waals surface area contributed by atoms with E-state index in [9.17, 15) is 13.2 Å². The Morgan fingerprint density at radius 1 is 1.43 bits per heavy atom. The lowest BCUT2D eigenvalue weighted by molar-refractivity contribution is -0.138. The van der Waals surface area contributed by atoms with E-state index < -0.39 is 11.2 Å². The van der Waals surface area contributed by atoms with Gasteiger partial charge in [0, 0.05) is 6.04 Å². The van der Waals surface area contributed by atoms with Gasteiger partial charge < -0.3 is 5.32 Å². The van der Waals surface area contributed by atoms with Crippen LogP contribution in [0.3, 0.4) is 0 Å². The van der Waals surface area contributed by atoms with Gasteiger partial charge in [0.05, 0.1) is 0 Å². The van der Waals surface area contributed by atoms with E-state index in [0.717, 1.165) is 6.42 Å². The molecular weight excluding hydrogens is 215 g/mol. The third-order valence-corrected chi connectivity index (χ3v) is 2.99. The summed E-state index contributed by atoms with van der Waals surface area (Å²) < 4.78 is 36.3. The minimum absolute atomic E-state index is 0.256. The van der Waals surface area contributed by atoms with Gasteiger partial charge >= 0.3 is 6.18 Å². The van der Waals surface area contributed by atoms with Crippen molar-refractivity contribution in [2.45, 2.75) is 25.6 Å². The highest BCUT2D eigenvalue weighted by Gasteiger charge is 2.37. The summed E-state index contributed by atoms with van der Waals surface area (Å²) in [5, 5.41) is 8.77. The zero-order valence-electron chi connectivity index (χ0n) is 7.30. The fourth-order valence-electron chi connectivity index (χ4n) is 1.08. The Balaban J connectivity index is 2.03. The van der Waals surface area contributed by atoms with Crippen LogP contribution in [0.4, 0.5) is 18.3 Å². The molecule has 1 aliphatic rings. The van der Waals surface area contributed by atoms with Gasteiger partial charge in [-0.3, -0.25) is 0 Å². The zero-order chi connectivity index (χ0) is 10.3. The zero-order valence-corrected chi connectivity index (χ0v) is 8.11. The molecule has 1 fully saturated rings. The molecule has 78 valence electrons. The molecule has 1 aromatic rings. The first-order valence-corrected chi connectivity index (χ1v) is 4.95. The van der Waals surface area contributed by atoms with Gasteiger partial charge in [-0.1, -0.05) is 18.3 Å². The summed E-state index contributed by atoms with van der Waals surface area (Å²) in [7, 11) is 0. The average molecular weight is 223 g/mol. The Kier molecular flexibility index (Phi) is 2.13. The molecular formula is C7H8F3N3S. The maximum absolute atomic E-state index is 12.1. The molecule has 2 atom stereocenters. The molecule has 1 heterocycles. The predicted molar refractivity (Wildman–Crippen MR) is 46.1 cm³/mol. The molecule has 0 spiro atoms. The minimum Gasteiger partial charge on any atom is -0.357 e. The van der Waals surface area contributed by atoms with Crippen molar-refractivity contribution < 1.29 is 13.2 Å². The Morgan fingerprint density at radius 2 is 2.07 bits per heavy atom. The summed E-state index contributed by atoms with van der Waals surface area (Å²) in [6.45, 7) is 2.03. The number of aromatic nitrogens is 2. The number of nitrogens with zero attached hydrogens (tertiary/aromatic N) is 2. The SMILES string of the molecule is CC1CC1Nc1nnc(C(F)(F)F)s1. The Hall–Kier alpha value is -0.850. The van der Waals surface area contributed by atoms with E-state index in [4.69, 9.17) is 0 Å². The van der Waals surface area contributed by atoms with Crippen molar-refractivity contribution >= 4 is 16.5 Å². The molecule has 7 heteroatoms. The molecule has 1 saturated carbocycles. The van der Waals surface area contributed by atoms with Gasteiger partial charge in [0.25, 0.3) is 0 Å². The fraction of sp³-hybridized carbons (Fsp3) is 0.714. The second kappa shape index (κ2) is 3.08. The Labute approximate surface area is 82.3 Å². The van der Waals surface area contributed by atoms with Gasteiger partial charge in [0.2, 0.25) is 10.1 Å². The van der Waals surface area contributed by atoms with Gasteiger partial charge in [-0.15, -0.1) is 10.2 Å². The molecule has 1 N–H and O–H groups in total. The topological polar surface area (TPSA) is 37.8 Å². The molecule has 0 aliphatic heterocycles. The number of anilines is 1. The van der Waals surface area contributed by atoms with Crippen LogP contribution in [0, 0.1) is 5.92 Å². The number of hydrogen-bond acceptors (Lipinski definition) is 4. The van der Waals surface area contributed by atoms with Gasteiger partial charge in [-0.05, 0) is 12.3 Å². The average Bonchev–Trinajstić information content (AvgIpc) is 2.60. The van der Waals surface area contributed by atoms with Crippen LogP contribution in [-0.2, 0) is 6.18 Å². The molecule has 14 heavy (non-hydrogen) atoms. The van der Waals surface area contributed by atoms with E-state index in [2.05, 4.69) is 15.5 Å². The van der Waals surface area contributed by atoms with Gasteiger partial charge in [-0.2, -0.15) is 13.2 Å². The van der Waals surface area contributed by atoms with Crippen LogP contribution in [0.15, 0.2) is 0 Å². The van der Waals surface area contributed by atoms with Crippen molar-refractivity contribution in [3.63, 3.8) is 0 Å². The summed E-state index contributed by atoms with van der Waals surface area (Å²) in [5.74, 6) is 0.522. The van der Waals surface area contributed by atoms with E-state index in [0.29, 0.717) is 17.3 Å². The Morgan fingerprint density at radius 3 is 2.50 bits per heavy atom. The first-order chi connectivity index (χ1) is 6.47. The van der Waals surface area contributed by atoms with Crippen LogP contribution in [0.25, 0.3) is 0 Å². The summed E-state index contributed by atoms with van der Waals surface area (Å²) in [4.78, 5) is 0. The maximum Gasteiger partial charge on any atom is 0.445 e. The first kappa shape index (κ1) is 9.70. The normalized spacial score (nSPS) is 26.3. The minimum atomic E-state index is -4.38. The van der Waals surface area contributed by atoms with E-state index in [1.165, 1.54) is 0 Å². The highest BCUT2D eigenvalue weighted by atomic mass is 32.1. The third-order valence-electron chi connectivity index (χ3n) is 2.09. The number of halogens is 3. The second-order valence-corrected chi connectivity index (χ2v) is 4.35. The summed E-state index contributed by atoms with van der Waals surface area (Å²) in [6.07, 6.45) is -3.40. The lowest BCUT2D eigenvalue weighted by atomic mass is 10.5. The maximum atomic E-state index is 12.1. The molecule has 3 nitrogen and oxygen atoms in total. The van der Waals surface area contributed by atoms with Crippen molar-refractivity contribution in [2.24, 2.45) is 5.92 Å². The summed E-state index contributed by atoms with van der Waals surface area (Å²) in [6, 6.07) is 0.268. The highest BCUT2D eigenvalue weighted by Crippen LogP contribution is 2.36. The number of nitrogens with one attached hydrogen (secondary N) is 1. The monoisotopic (exact) mass is 223 g/mol. The molecule has 1 aromatic heterocycles. The highest BCUT2D eigenvalue weighted by molar-refractivity contribution is 7.15. The fourth-order valence-corrected chi connectivity index (χ4v) is 1.75. The van der Waals surface area contributed by atoms with Gasteiger partial charge in [0.1, 0.15) is 0 Å².